The minimum absolute atomic E-state index is 0. The Morgan fingerprint density at radius 1 is 1.50 bits per heavy atom. The molecule has 2 N–H and O–H groups in total. The van der Waals surface area contributed by atoms with E-state index in [1.807, 2.05) is 6.26 Å². The molecule has 90 valence electrons. The average molecular weight is 261 g/mol. The summed E-state index contributed by atoms with van der Waals surface area (Å²) in [6.07, 6.45) is 6.62. The molecule has 6 heteroatoms. The van der Waals surface area contributed by atoms with Crippen molar-refractivity contribution in [2.45, 2.75) is 24.0 Å². The van der Waals surface area contributed by atoms with Crippen LogP contribution < -0.4 is 5.73 Å². The molecular weight excluding hydrogens is 244 g/mol. The number of hydrogen-bond donors (Lipinski definition) is 1. The monoisotopic (exact) mass is 260 g/mol. The Bertz CT molecular complexity index is 336. The zero-order valence-corrected chi connectivity index (χ0v) is 10.9. The van der Waals surface area contributed by atoms with Gasteiger partial charge < -0.3 is 5.73 Å². The maximum atomic E-state index is 5.87. The molecule has 0 bridgehead atoms. The van der Waals surface area contributed by atoms with Gasteiger partial charge in [0, 0.05) is 38.1 Å². The minimum atomic E-state index is 0. The zero-order chi connectivity index (χ0) is 10.7. The molecule has 1 aliphatic heterocycles. The van der Waals surface area contributed by atoms with E-state index in [1.54, 1.807) is 24.2 Å². The number of thioether (sulfide) groups is 1. The SMILES string of the molecule is CSc1nccnc1CN1CC[C@H](N)C1.Cl. The van der Waals surface area contributed by atoms with E-state index in [4.69, 9.17) is 5.73 Å². The van der Waals surface area contributed by atoms with Gasteiger partial charge in [-0.25, -0.2) is 4.98 Å². The van der Waals surface area contributed by atoms with E-state index >= 15 is 0 Å². The highest BCUT2D eigenvalue weighted by Crippen LogP contribution is 2.18. The van der Waals surface area contributed by atoms with Gasteiger partial charge in [0.25, 0.3) is 0 Å². The molecule has 0 saturated carbocycles. The fraction of sp³-hybridized carbons (Fsp3) is 0.600. The summed E-state index contributed by atoms with van der Waals surface area (Å²) in [5.74, 6) is 0. The summed E-state index contributed by atoms with van der Waals surface area (Å²) in [5.41, 5.74) is 6.94. The normalized spacial score (nSPS) is 20.8. The van der Waals surface area contributed by atoms with Crippen molar-refractivity contribution >= 4 is 24.2 Å². The molecule has 1 aliphatic rings. The van der Waals surface area contributed by atoms with Crippen molar-refractivity contribution in [1.82, 2.24) is 14.9 Å². The first-order chi connectivity index (χ1) is 7.29. The van der Waals surface area contributed by atoms with E-state index in [9.17, 15) is 0 Å². The van der Waals surface area contributed by atoms with Crippen LogP contribution in [-0.2, 0) is 6.54 Å². The largest absolute Gasteiger partial charge is 0.326 e. The smallest absolute Gasteiger partial charge is 0.119 e. The summed E-state index contributed by atoms with van der Waals surface area (Å²) < 4.78 is 0. The molecular formula is C10H17ClN4S. The van der Waals surface area contributed by atoms with Gasteiger partial charge >= 0.3 is 0 Å². The molecule has 0 amide bonds. The number of hydrogen-bond acceptors (Lipinski definition) is 5. The van der Waals surface area contributed by atoms with E-state index in [0.29, 0.717) is 6.04 Å². The van der Waals surface area contributed by atoms with Crippen molar-refractivity contribution in [1.29, 1.82) is 0 Å². The van der Waals surface area contributed by atoms with Crippen molar-refractivity contribution in [3.05, 3.63) is 18.1 Å². The van der Waals surface area contributed by atoms with E-state index in [2.05, 4.69) is 14.9 Å². The Morgan fingerprint density at radius 3 is 2.88 bits per heavy atom. The molecule has 0 aliphatic carbocycles. The first-order valence-corrected chi connectivity index (χ1v) is 6.34. The topological polar surface area (TPSA) is 55.0 Å². The highest BCUT2D eigenvalue weighted by Gasteiger charge is 2.20. The summed E-state index contributed by atoms with van der Waals surface area (Å²) in [7, 11) is 0. The average Bonchev–Trinajstić information content (AvgIpc) is 2.65. The summed E-state index contributed by atoms with van der Waals surface area (Å²) in [4.78, 5) is 11.0. The molecule has 0 unspecified atom stereocenters. The number of aromatic nitrogens is 2. The second-order valence-corrected chi connectivity index (χ2v) is 4.59. The molecule has 4 nitrogen and oxygen atoms in total. The van der Waals surface area contributed by atoms with Crippen molar-refractivity contribution in [2.75, 3.05) is 19.3 Å². The molecule has 1 aromatic rings. The van der Waals surface area contributed by atoms with Crippen LogP contribution >= 0.6 is 24.2 Å². The van der Waals surface area contributed by atoms with Crippen molar-refractivity contribution in [3.8, 4) is 0 Å². The summed E-state index contributed by atoms with van der Waals surface area (Å²) in [6.45, 7) is 2.92. The third-order valence-corrected chi connectivity index (χ3v) is 3.34. The molecule has 1 atom stereocenters. The lowest BCUT2D eigenvalue weighted by Crippen LogP contribution is -2.26. The van der Waals surface area contributed by atoms with Crippen LogP contribution in [0.5, 0.6) is 0 Å². The van der Waals surface area contributed by atoms with Crippen LogP contribution in [0, 0.1) is 0 Å². The quantitative estimate of drug-likeness (QED) is 0.827. The molecule has 0 radical (unpaired) electrons. The van der Waals surface area contributed by atoms with Gasteiger partial charge in [0.15, 0.2) is 0 Å². The first kappa shape index (κ1) is 13.7. The Hall–Kier alpha value is -0.360. The minimum Gasteiger partial charge on any atom is -0.326 e. The Balaban J connectivity index is 0.00000128. The van der Waals surface area contributed by atoms with Crippen molar-refractivity contribution in [2.24, 2.45) is 5.73 Å². The van der Waals surface area contributed by atoms with Gasteiger partial charge in [-0.1, -0.05) is 0 Å². The molecule has 1 saturated heterocycles. The van der Waals surface area contributed by atoms with Crippen LogP contribution in [0.25, 0.3) is 0 Å². The van der Waals surface area contributed by atoms with Crippen LogP contribution in [0.4, 0.5) is 0 Å². The number of rotatable bonds is 3. The van der Waals surface area contributed by atoms with Crippen LogP contribution in [0.3, 0.4) is 0 Å². The van der Waals surface area contributed by atoms with Crippen molar-refractivity contribution < 1.29 is 0 Å². The predicted molar refractivity (Wildman–Crippen MR) is 68.9 cm³/mol. The predicted octanol–water partition coefficient (Wildman–Crippen LogP) is 1.15. The summed E-state index contributed by atoms with van der Waals surface area (Å²) in [5, 5.41) is 1.03. The number of nitrogens with zero attached hydrogens (tertiary/aromatic N) is 3. The fourth-order valence-electron chi connectivity index (χ4n) is 1.85. The number of halogens is 1. The maximum Gasteiger partial charge on any atom is 0.119 e. The second kappa shape index (κ2) is 6.39. The lowest BCUT2D eigenvalue weighted by atomic mass is 10.3. The Kier molecular flexibility index (Phi) is 5.48. The van der Waals surface area contributed by atoms with Gasteiger partial charge in [0.1, 0.15) is 5.03 Å². The van der Waals surface area contributed by atoms with E-state index in [1.165, 1.54) is 0 Å². The third kappa shape index (κ3) is 3.31. The summed E-state index contributed by atoms with van der Waals surface area (Å²) >= 11 is 1.65. The molecule has 2 rings (SSSR count). The van der Waals surface area contributed by atoms with Gasteiger partial charge in [-0.05, 0) is 12.7 Å². The highest BCUT2D eigenvalue weighted by atomic mass is 35.5. The Labute approximate surface area is 106 Å². The lowest BCUT2D eigenvalue weighted by Gasteiger charge is -2.15. The third-order valence-electron chi connectivity index (χ3n) is 2.61. The fourth-order valence-corrected chi connectivity index (χ4v) is 2.37. The summed E-state index contributed by atoms with van der Waals surface area (Å²) in [6, 6.07) is 0.333. The van der Waals surface area contributed by atoms with E-state index in [-0.39, 0.29) is 12.4 Å². The van der Waals surface area contributed by atoms with Crippen LogP contribution in [0.2, 0.25) is 0 Å². The molecule has 1 aromatic heterocycles. The van der Waals surface area contributed by atoms with Gasteiger partial charge in [-0.15, -0.1) is 24.2 Å². The zero-order valence-electron chi connectivity index (χ0n) is 9.30. The lowest BCUT2D eigenvalue weighted by molar-refractivity contribution is 0.319. The highest BCUT2D eigenvalue weighted by molar-refractivity contribution is 7.98. The number of likely N-dealkylation sites (tertiary alicyclic amines) is 1. The van der Waals surface area contributed by atoms with Crippen molar-refractivity contribution in [3.63, 3.8) is 0 Å². The Morgan fingerprint density at radius 2 is 2.25 bits per heavy atom. The van der Waals surface area contributed by atoms with Crippen LogP contribution in [0.1, 0.15) is 12.1 Å². The van der Waals surface area contributed by atoms with Gasteiger partial charge in [0.05, 0.1) is 5.69 Å². The van der Waals surface area contributed by atoms with Gasteiger partial charge in [0.2, 0.25) is 0 Å². The van der Waals surface area contributed by atoms with E-state index < -0.39 is 0 Å². The van der Waals surface area contributed by atoms with E-state index in [0.717, 1.165) is 36.8 Å². The first-order valence-electron chi connectivity index (χ1n) is 5.11. The maximum absolute atomic E-state index is 5.87. The van der Waals surface area contributed by atoms with Crippen LogP contribution in [0.15, 0.2) is 17.4 Å². The standard InChI is InChI=1S/C10H16N4S.ClH/c1-15-10-9(12-3-4-13-10)7-14-5-2-8(11)6-14;/h3-4,8H,2,5-7,11H2,1H3;1H/t8-;/m0./s1. The molecule has 0 spiro atoms. The molecule has 0 aromatic carbocycles. The molecule has 2 heterocycles. The molecule has 1 fully saturated rings. The number of nitrogens with two attached hydrogens (primary N) is 1. The van der Waals surface area contributed by atoms with Gasteiger partial charge in [-0.2, -0.15) is 0 Å². The van der Waals surface area contributed by atoms with Crippen LogP contribution in [-0.4, -0.2) is 40.3 Å². The molecule has 16 heavy (non-hydrogen) atoms. The van der Waals surface area contributed by atoms with Gasteiger partial charge in [-0.3, -0.25) is 9.88 Å². The second-order valence-electron chi connectivity index (χ2n) is 3.80.